The van der Waals surface area contributed by atoms with Gasteiger partial charge in [-0.1, -0.05) is 6.07 Å². The van der Waals surface area contributed by atoms with E-state index in [9.17, 15) is 18.0 Å². The van der Waals surface area contributed by atoms with E-state index in [2.05, 4.69) is 0 Å². The Balaban J connectivity index is 2.46. The summed E-state index contributed by atoms with van der Waals surface area (Å²) in [5, 5.41) is 0. The number of hydrogen-bond donors (Lipinski definition) is 1. The maximum Gasteiger partial charge on any atom is 0.393 e. The average Bonchev–Trinajstić information content (AvgIpc) is 3.14. The fraction of sp³-hybridized carbons (Fsp3) is 0.462. The number of halogens is 3. The van der Waals surface area contributed by atoms with Gasteiger partial charge in [-0.3, -0.25) is 4.79 Å². The molecule has 2 rings (SSSR count). The van der Waals surface area contributed by atoms with E-state index < -0.39 is 23.4 Å². The van der Waals surface area contributed by atoms with Crippen molar-refractivity contribution in [3.05, 3.63) is 23.8 Å². The largest absolute Gasteiger partial charge is 0.493 e. The van der Waals surface area contributed by atoms with Gasteiger partial charge in [0, 0.05) is 0 Å². The summed E-state index contributed by atoms with van der Waals surface area (Å²) in [6, 6.07) is 4.25. The number of rotatable bonds is 4. The lowest BCUT2D eigenvalue weighted by Crippen LogP contribution is -2.34. The van der Waals surface area contributed by atoms with E-state index in [1.165, 1.54) is 32.4 Å². The minimum absolute atomic E-state index is 0.199. The van der Waals surface area contributed by atoms with Gasteiger partial charge in [-0.05, 0) is 24.1 Å². The molecule has 0 bridgehead atoms. The van der Waals surface area contributed by atoms with Crippen LogP contribution in [-0.4, -0.2) is 26.3 Å². The van der Waals surface area contributed by atoms with Crippen LogP contribution in [0.5, 0.6) is 11.5 Å². The van der Waals surface area contributed by atoms with Crippen molar-refractivity contribution in [1.29, 1.82) is 0 Å². The summed E-state index contributed by atoms with van der Waals surface area (Å²) in [4.78, 5) is 11.5. The molecule has 0 aromatic heterocycles. The number of methoxy groups -OCH3 is 2. The summed E-state index contributed by atoms with van der Waals surface area (Å²) in [7, 11) is 2.78. The Morgan fingerprint density at radius 2 is 1.90 bits per heavy atom. The van der Waals surface area contributed by atoms with Gasteiger partial charge in [0.15, 0.2) is 11.5 Å². The average molecular weight is 289 g/mol. The van der Waals surface area contributed by atoms with Gasteiger partial charge in [-0.25, -0.2) is 0 Å². The number of benzene rings is 1. The van der Waals surface area contributed by atoms with E-state index >= 15 is 0 Å². The lowest BCUT2D eigenvalue weighted by atomic mass is 9.92. The summed E-state index contributed by atoms with van der Waals surface area (Å²) in [5.74, 6) is -2.09. The molecule has 20 heavy (non-hydrogen) atoms. The molecule has 1 aromatic rings. The fourth-order valence-corrected chi connectivity index (χ4v) is 2.51. The number of hydrogen-bond acceptors (Lipinski definition) is 3. The van der Waals surface area contributed by atoms with Crippen LogP contribution in [0.1, 0.15) is 12.0 Å². The number of carbonyl (C=O) groups excluding carboxylic acids is 1. The van der Waals surface area contributed by atoms with Crippen molar-refractivity contribution in [1.82, 2.24) is 0 Å². The van der Waals surface area contributed by atoms with Gasteiger partial charge < -0.3 is 15.2 Å². The van der Waals surface area contributed by atoms with Gasteiger partial charge in [0.1, 0.15) is 0 Å². The third-order valence-corrected chi connectivity index (χ3v) is 3.69. The van der Waals surface area contributed by atoms with Crippen LogP contribution in [0.25, 0.3) is 0 Å². The van der Waals surface area contributed by atoms with Crippen LogP contribution in [0.2, 0.25) is 0 Å². The van der Waals surface area contributed by atoms with E-state index in [1.807, 2.05) is 0 Å². The van der Waals surface area contributed by atoms with Crippen LogP contribution in [0.4, 0.5) is 13.2 Å². The highest BCUT2D eigenvalue weighted by Crippen LogP contribution is 2.61. The summed E-state index contributed by atoms with van der Waals surface area (Å²) < 4.78 is 48.6. The molecular weight excluding hydrogens is 275 g/mol. The molecular formula is C13H14F3NO3. The maximum absolute atomic E-state index is 12.8. The fourth-order valence-electron chi connectivity index (χ4n) is 2.51. The Morgan fingerprint density at radius 1 is 1.30 bits per heavy atom. The highest BCUT2D eigenvalue weighted by Gasteiger charge is 2.71. The SMILES string of the molecule is COc1ccc([C@@]2(C(N)=O)C[C@@H]2C(F)(F)F)cc1OC. The van der Waals surface area contributed by atoms with Crippen molar-refractivity contribution < 1.29 is 27.4 Å². The lowest BCUT2D eigenvalue weighted by Gasteiger charge is -2.17. The number of carbonyl (C=O) groups is 1. The van der Waals surface area contributed by atoms with Crippen LogP contribution < -0.4 is 15.2 Å². The van der Waals surface area contributed by atoms with Crippen molar-refractivity contribution in [2.24, 2.45) is 11.7 Å². The first-order valence-electron chi connectivity index (χ1n) is 5.86. The molecule has 0 heterocycles. The predicted molar refractivity (Wildman–Crippen MR) is 64.6 cm³/mol. The minimum atomic E-state index is -4.46. The molecule has 110 valence electrons. The van der Waals surface area contributed by atoms with Crippen LogP contribution >= 0.6 is 0 Å². The maximum atomic E-state index is 12.8. The zero-order valence-electron chi connectivity index (χ0n) is 11.0. The summed E-state index contributed by atoms with van der Waals surface area (Å²) >= 11 is 0. The molecule has 0 saturated heterocycles. The number of alkyl halides is 3. The Morgan fingerprint density at radius 3 is 2.30 bits per heavy atom. The third kappa shape index (κ3) is 2.07. The molecule has 1 aromatic carbocycles. The molecule has 1 aliphatic carbocycles. The molecule has 1 fully saturated rings. The van der Waals surface area contributed by atoms with Crippen LogP contribution in [-0.2, 0) is 10.2 Å². The highest BCUT2D eigenvalue weighted by molar-refractivity contribution is 5.91. The molecule has 4 nitrogen and oxygen atoms in total. The van der Waals surface area contributed by atoms with Gasteiger partial charge in [0.25, 0.3) is 0 Å². The third-order valence-electron chi connectivity index (χ3n) is 3.69. The molecule has 1 saturated carbocycles. The van der Waals surface area contributed by atoms with E-state index in [0.29, 0.717) is 5.75 Å². The van der Waals surface area contributed by atoms with Gasteiger partial charge in [0.2, 0.25) is 5.91 Å². The highest BCUT2D eigenvalue weighted by atomic mass is 19.4. The minimum Gasteiger partial charge on any atom is -0.493 e. The zero-order valence-corrected chi connectivity index (χ0v) is 11.0. The molecule has 2 atom stereocenters. The Hall–Kier alpha value is -1.92. The van der Waals surface area contributed by atoms with Crippen LogP contribution in [0.15, 0.2) is 18.2 Å². The van der Waals surface area contributed by atoms with Crippen molar-refractivity contribution >= 4 is 5.91 Å². The molecule has 0 spiro atoms. The first-order valence-corrected chi connectivity index (χ1v) is 5.86. The molecule has 7 heteroatoms. The molecule has 1 aliphatic rings. The second-order valence-corrected chi connectivity index (χ2v) is 4.70. The summed E-state index contributed by atoms with van der Waals surface area (Å²) in [5.41, 5.74) is 3.71. The summed E-state index contributed by atoms with van der Waals surface area (Å²) in [6.45, 7) is 0. The van der Waals surface area contributed by atoms with E-state index in [4.69, 9.17) is 15.2 Å². The molecule has 0 radical (unpaired) electrons. The monoisotopic (exact) mass is 289 g/mol. The predicted octanol–water partition coefficient (Wildman–Crippen LogP) is 2.01. The Labute approximate surface area is 113 Å². The first-order chi connectivity index (χ1) is 9.27. The second kappa shape index (κ2) is 4.57. The standard InChI is InChI=1S/C13H14F3NO3/c1-19-8-4-3-7(5-9(8)20-2)12(11(17)18)6-10(12)13(14,15)16/h3-5,10H,6H2,1-2H3,(H2,17,18)/t10-,12-/m0/s1. The van der Waals surface area contributed by atoms with Gasteiger partial charge >= 0.3 is 6.18 Å². The normalized spacial score (nSPS) is 25.1. The molecule has 0 aliphatic heterocycles. The number of primary amides is 1. The van der Waals surface area contributed by atoms with E-state index in [1.54, 1.807) is 0 Å². The van der Waals surface area contributed by atoms with Crippen molar-refractivity contribution in [3.63, 3.8) is 0 Å². The first kappa shape index (κ1) is 14.5. The van der Waals surface area contributed by atoms with Crippen molar-refractivity contribution in [2.45, 2.75) is 18.0 Å². The van der Waals surface area contributed by atoms with Crippen LogP contribution in [0.3, 0.4) is 0 Å². The Kier molecular flexibility index (Phi) is 3.31. The van der Waals surface area contributed by atoms with E-state index in [-0.39, 0.29) is 17.7 Å². The Bertz CT molecular complexity index is 544. The lowest BCUT2D eigenvalue weighted by molar-refractivity contribution is -0.156. The quantitative estimate of drug-likeness (QED) is 0.922. The molecule has 2 N–H and O–H groups in total. The van der Waals surface area contributed by atoms with Crippen molar-refractivity contribution in [2.75, 3.05) is 14.2 Å². The number of amides is 1. The van der Waals surface area contributed by atoms with Crippen molar-refractivity contribution in [3.8, 4) is 11.5 Å². The van der Waals surface area contributed by atoms with E-state index in [0.717, 1.165) is 0 Å². The van der Waals surface area contributed by atoms with Gasteiger partial charge in [0.05, 0.1) is 25.6 Å². The smallest absolute Gasteiger partial charge is 0.393 e. The topological polar surface area (TPSA) is 61.5 Å². The second-order valence-electron chi connectivity index (χ2n) is 4.70. The zero-order chi connectivity index (χ0) is 15.1. The number of nitrogens with two attached hydrogens (primary N) is 1. The van der Waals surface area contributed by atoms with Crippen LogP contribution in [0, 0.1) is 5.92 Å². The number of ether oxygens (including phenoxy) is 2. The summed E-state index contributed by atoms with van der Waals surface area (Å²) in [6.07, 6.45) is -4.79. The van der Waals surface area contributed by atoms with Gasteiger partial charge in [-0.2, -0.15) is 13.2 Å². The molecule has 0 unspecified atom stereocenters. The van der Waals surface area contributed by atoms with Gasteiger partial charge in [-0.15, -0.1) is 0 Å². The molecule has 1 amide bonds.